The highest BCUT2D eigenvalue weighted by Crippen LogP contribution is 2.23. The molecule has 3 rings (SSSR count). The van der Waals surface area contributed by atoms with E-state index in [1.54, 1.807) is 17.0 Å². The maximum absolute atomic E-state index is 13.9. The summed E-state index contributed by atoms with van der Waals surface area (Å²) in [4.78, 5) is 29.3. The van der Waals surface area contributed by atoms with Crippen LogP contribution in [0.25, 0.3) is 0 Å². The Hall–Kier alpha value is -3.65. The molecule has 3 aromatic carbocycles. The fraction of sp³-hybridized carbons (Fsp3) is 0.394. The van der Waals surface area contributed by atoms with Crippen molar-refractivity contribution in [3.8, 4) is 0 Å². The van der Waals surface area contributed by atoms with Crippen LogP contribution in [-0.4, -0.2) is 49.5 Å². The Morgan fingerprint density at radius 3 is 2.05 bits per heavy atom. The van der Waals surface area contributed by atoms with Crippen LogP contribution in [0.2, 0.25) is 0 Å². The number of anilines is 1. The van der Waals surface area contributed by atoms with E-state index in [9.17, 15) is 18.0 Å². The zero-order valence-electron chi connectivity index (χ0n) is 25.1. The number of carbonyl (C=O) groups is 2. The third-order valence-corrected chi connectivity index (χ3v) is 7.96. The van der Waals surface area contributed by atoms with Gasteiger partial charge in [-0.25, -0.2) is 8.42 Å². The Morgan fingerprint density at radius 1 is 0.854 bits per heavy atom. The molecule has 0 aliphatic rings. The van der Waals surface area contributed by atoms with E-state index in [0.717, 1.165) is 22.3 Å². The lowest BCUT2D eigenvalue weighted by atomic mass is 10.00. The summed E-state index contributed by atoms with van der Waals surface area (Å²) in [5.74, 6) is -0.423. The lowest BCUT2D eigenvalue weighted by molar-refractivity contribution is -0.142. The molecular formula is C33H43N3O4S. The average molecular weight is 578 g/mol. The van der Waals surface area contributed by atoms with Crippen LogP contribution < -0.4 is 9.62 Å². The minimum absolute atomic E-state index is 0.0951. The third kappa shape index (κ3) is 9.74. The van der Waals surface area contributed by atoms with Gasteiger partial charge in [0.15, 0.2) is 0 Å². The largest absolute Gasteiger partial charge is 0.350 e. The topological polar surface area (TPSA) is 86.8 Å². The van der Waals surface area contributed by atoms with Gasteiger partial charge in [0.1, 0.15) is 6.04 Å². The molecular weight excluding hydrogens is 534 g/mol. The molecule has 0 heterocycles. The molecule has 1 atom stereocenters. The summed E-state index contributed by atoms with van der Waals surface area (Å²) in [7, 11) is -3.56. The highest BCUT2D eigenvalue weighted by molar-refractivity contribution is 7.92. The molecule has 0 fully saturated rings. The van der Waals surface area contributed by atoms with E-state index >= 15 is 0 Å². The minimum atomic E-state index is -3.56. The third-order valence-electron chi connectivity index (χ3n) is 6.78. The molecule has 0 spiro atoms. The number of benzene rings is 3. The van der Waals surface area contributed by atoms with E-state index in [0.29, 0.717) is 18.5 Å². The first-order valence-electron chi connectivity index (χ1n) is 14.0. The van der Waals surface area contributed by atoms with Crippen LogP contribution in [0.5, 0.6) is 0 Å². The number of aryl methyl sites for hydroxylation is 2. The second-order valence-electron chi connectivity index (χ2n) is 11.7. The van der Waals surface area contributed by atoms with E-state index in [4.69, 9.17) is 0 Å². The van der Waals surface area contributed by atoms with Gasteiger partial charge in [-0.05, 0) is 63.8 Å². The van der Waals surface area contributed by atoms with Gasteiger partial charge in [0, 0.05) is 31.5 Å². The lowest BCUT2D eigenvalue weighted by Gasteiger charge is -2.34. The second-order valence-corrected chi connectivity index (χ2v) is 13.6. The molecule has 7 nitrogen and oxygen atoms in total. The SMILES string of the molecule is Cc1ccc(CN(C(=O)CCCN(c2ccccc2C)S(C)(=O)=O)[C@@H](Cc2ccccc2)C(=O)NC(C)(C)C)cc1. The fourth-order valence-corrected chi connectivity index (χ4v) is 5.75. The number of nitrogens with zero attached hydrogens (tertiary/aromatic N) is 2. The van der Waals surface area contributed by atoms with Gasteiger partial charge in [0.2, 0.25) is 21.8 Å². The van der Waals surface area contributed by atoms with Crippen LogP contribution in [0.15, 0.2) is 78.9 Å². The number of rotatable bonds is 12. The molecule has 8 heteroatoms. The summed E-state index contributed by atoms with van der Waals surface area (Å²) in [5, 5.41) is 3.07. The van der Waals surface area contributed by atoms with Crippen molar-refractivity contribution in [1.82, 2.24) is 10.2 Å². The summed E-state index contributed by atoms with van der Waals surface area (Å²) >= 11 is 0. The number of carbonyl (C=O) groups excluding carboxylic acids is 2. The average Bonchev–Trinajstić information content (AvgIpc) is 2.89. The molecule has 0 aromatic heterocycles. The van der Waals surface area contributed by atoms with Gasteiger partial charge >= 0.3 is 0 Å². The summed E-state index contributed by atoms with van der Waals surface area (Å²) in [6.45, 7) is 10.0. The molecule has 0 radical (unpaired) electrons. The van der Waals surface area contributed by atoms with Gasteiger partial charge in [-0.1, -0.05) is 78.4 Å². The monoisotopic (exact) mass is 577 g/mol. The molecule has 3 aromatic rings. The number of hydrogen-bond acceptors (Lipinski definition) is 4. The molecule has 0 saturated heterocycles. The molecule has 41 heavy (non-hydrogen) atoms. The number of hydrogen-bond donors (Lipinski definition) is 1. The van der Waals surface area contributed by atoms with Crippen molar-refractivity contribution < 1.29 is 18.0 Å². The molecule has 0 aliphatic carbocycles. The standard InChI is InChI=1S/C33H43N3O4S/c1-25-18-20-28(21-19-25)24-35(30(32(38)34-33(3,4)5)23-27-14-8-7-9-15-27)31(37)17-12-22-36(41(6,39)40)29-16-11-10-13-26(29)2/h7-11,13-16,18-21,30H,12,17,22-24H2,1-6H3,(H,34,38)/t30-/m0/s1. The van der Waals surface area contributed by atoms with Gasteiger partial charge in [0.25, 0.3) is 0 Å². The van der Waals surface area contributed by atoms with Crippen LogP contribution in [0.4, 0.5) is 5.69 Å². The summed E-state index contributed by atoms with van der Waals surface area (Å²) in [6.07, 6.45) is 1.94. The molecule has 0 saturated carbocycles. The van der Waals surface area contributed by atoms with Gasteiger partial charge < -0.3 is 10.2 Å². The van der Waals surface area contributed by atoms with E-state index in [2.05, 4.69) is 5.32 Å². The predicted molar refractivity (Wildman–Crippen MR) is 166 cm³/mol. The van der Waals surface area contributed by atoms with E-state index in [1.165, 1.54) is 10.6 Å². The fourth-order valence-electron chi connectivity index (χ4n) is 4.72. The van der Waals surface area contributed by atoms with Crippen LogP contribution in [0, 0.1) is 13.8 Å². The highest BCUT2D eigenvalue weighted by atomic mass is 32.2. The van der Waals surface area contributed by atoms with E-state index in [1.807, 2.05) is 101 Å². The number of amides is 2. The number of para-hydroxylation sites is 1. The summed E-state index contributed by atoms with van der Waals surface area (Å²) in [6, 6.07) is 24.2. The van der Waals surface area contributed by atoms with E-state index in [-0.39, 0.29) is 31.3 Å². The van der Waals surface area contributed by atoms with Crippen LogP contribution >= 0.6 is 0 Å². The minimum Gasteiger partial charge on any atom is -0.350 e. The summed E-state index contributed by atoms with van der Waals surface area (Å²) < 4.78 is 26.7. The Kier molecular flexibility index (Phi) is 10.7. The Balaban J connectivity index is 1.90. The molecule has 2 amide bonds. The Labute approximate surface area is 245 Å². The van der Waals surface area contributed by atoms with Gasteiger partial charge in [0.05, 0.1) is 11.9 Å². The van der Waals surface area contributed by atoms with Crippen molar-refractivity contribution >= 4 is 27.5 Å². The van der Waals surface area contributed by atoms with Gasteiger partial charge in [-0.3, -0.25) is 13.9 Å². The van der Waals surface area contributed by atoms with Crippen molar-refractivity contribution in [1.29, 1.82) is 0 Å². The van der Waals surface area contributed by atoms with Crippen molar-refractivity contribution in [2.24, 2.45) is 0 Å². The summed E-state index contributed by atoms with van der Waals surface area (Å²) in [5.41, 5.74) is 3.94. The van der Waals surface area contributed by atoms with Crippen LogP contribution in [-0.2, 0) is 32.6 Å². The quantitative estimate of drug-likeness (QED) is 0.312. The van der Waals surface area contributed by atoms with Crippen molar-refractivity contribution in [2.75, 3.05) is 17.1 Å². The van der Waals surface area contributed by atoms with Gasteiger partial charge in [-0.15, -0.1) is 0 Å². The lowest BCUT2D eigenvalue weighted by Crippen LogP contribution is -2.54. The molecule has 0 aliphatic heterocycles. The van der Waals surface area contributed by atoms with Crippen LogP contribution in [0.1, 0.15) is 55.9 Å². The predicted octanol–water partition coefficient (Wildman–Crippen LogP) is 5.40. The molecule has 0 unspecified atom stereocenters. The first kappa shape index (κ1) is 31.9. The van der Waals surface area contributed by atoms with Crippen molar-refractivity contribution in [3.63, 3.8) is 0 Å². The van der Waals surface area contributed by atoms with Crippen molar-refractivity contribution in [3.05, 3.63) is 101 Å². The Bertz CT molecular complexity index is 1410. The highest BCUT2D eigenvalue weighted by Gasteiger charge is 2.32. The zero-order chi connectivity index (χ0) is 30.2. The van der Waals surface area contributed by atoms with Gasteiger partial charge in [-0.2, -0.15) is 0 Å². The number of sulfonamides is 1. The smallest absolute Gasteiger partial charge is 0.243 e. The molecule has 1 N–H and O–H groups in total. The molecule has 220 valence electrons. The second kappa shape index (κ2) is 13.8. The van der Waals surface area contributed by atoms with Crippen molar-refractivity contribution in [2.45, 2.75) is 72.0 Å². The van der Waals surface area contributed by atoms with E-state index < -0.39 is 21.6 Å². The normalized spacial score (nSPS) is 12.4. The number of nitrogens with one attached hydrogen (secondary N) is 1. The maximum Gasteiger partial charge on any atom is 0.243 e. The maximum atomic E-state index is 13.9. The zero-order valence-corrected chi connectivity index (χ0v) is 25.9. The molecule has 0 bridgehead atoms. The Morgan fingerprint density at radius 2 is 1.46 bits per heavy atom. The van der Waals surface area contributed by atoms with Crippen LogP contribution in [0.3, 0.4) is 0 Å². The first-order valence-corrected chi connectivity index (χ1v) is 15.8. The first-order chi connectivity index (χ1) is 19.2.